The first-order chi connectivity index (χ1) is 11.6. The fourth-order valence-corrected chi connectivity index (χ4v) is 2.80. The van der Waals surface area contributed by atoms with Crippen LogP contribution in [0, 0.1) is 0 Å². The van der Waals surface area contributed by atoms with Crippen molar-refractivity contribution in [1.29, 1.82) is 0 Å². The highest BCUT2D eigenvalue weighted by atomic mass is 35.5. The Labute approximate surface area is 146 Å². The summed E-state index contributed by atoms with van der Waals surface area (Å²) in [6.07, 6.45) is -0.105. The van der Waals surface area contributed by atoms with Crippen molar-refractivity contribution < 1.29 is 14.3 Å². The number of carbonyl (C=O) groups is 1. The van der Waals surface area contributed by atoms with E-state index in [9.17, 15) is 4.79 Å². The third-order valence-corrected chi connectivity index (χ3v) is 3.89. The number of hydrogen-bond donors (Lipinski definition) is 1. The third-order valence-electron chi connectivity index (χ3n) is 3.65. The molecule has 3 rings (SSSR count). The van der Waals surface area contributed by atoms with Crippen LogP contribution in [0.2, 0.25) is 5.02 Å². The number of amides is 2. The first-order valence-electron chi connectivity index (χ1n) is 7.85. The van der Waals surface area contributed by atoms with Crippen LogP contribution >= 0.6 is 11.6 Å². The van der Waals surface area contributed by atoms with E-state index in [-0.39, 0.29) is 12.1 Å². The maximum Gasteiger partial charge on any atom is 0.326 e. The molecule has 2 amide bonds. The Bertz CT molecular complexity index is 751. The van der Waals surface area contributed by atoms with Crippen LogP contribution in [0.15, 0.2) is 42.5 Å². The molecule has 0 saturated heterocycles. The molecule has 1 N–H and O–H groups in total. The Morgan fingerprint density at radius 3 is 2.96 bits per heavy atom. The highest BCUT2D eigenvalue weighted by Crippen LogP contribution is 2.36. The summed E-state index contributed by atoms with van der Waals surface area (Å²) in [6.45, 7) is 4.79. The second kappa shape index (κ2) is 7.01. The molecular formula is C18H19ClN2O3. The molecule has 0 aromatic heterocycles. The highest BCUT2D eigenvalue weighted by Gasteiger charge is 2.28. The van der Waals surface area contributed by atoms with E-state index in [1.807, 2.05) is 38.1 Å². The zero-order valence-electron chi connectivity index (χ0n) is 13.6. The molecule has 0 fully saturated rings. The summed E-state index contributed by atoms with van der Waals surface area (Å²) in [5.41, 5.74) is 1.29. The molecule has 126 valence electrons. The third kappa shape index (κ3) is 3.41. The summed E-state index contributed by atoms with van der Waals surface area (Å²) < 4.78 is 11.3. The van der Waals surface area contributed by atoms with Gasteiger partial charge in [-0.1, -0.05) is 23.7 Å². The maximum absolute atomic E-state index is 12.8. The summed E-state index contributed by atoms with van der Waals surface area (Å²) in [6, 6.07) is 12.4. The molecule has 1 unspecified atom stereocenters. The van der Waals surface area contributed by atoms with Gasteiger partial charge in [-0.15, -0.1) is 0 Å². The number of para-hydroxylation sites is 2. The largest absolute Gasteiger partial charge is 0.492 e. The lowest BCUT2D eigenvalue weighted by molar-refractivity contribution is 0.208. The number of rotatable bonds is 3. The number of fused-ring (bicyclic) bond motifs is 1. The number of nitrogens with one attached hydrogen (secondary N) is 1. The van der Waals surface area contributed by atoms with Gasteiger partial charge in [-0.05, 0) is 44.2 Å². The first kappa shape index (κ1) is 16.5. The van der Waals surface area contributed by atoms with E-state index in [0.29, 0.717) is 41.0 Å². The molecule has 0 bridgehead atoms. The summed E-state index contributed by atoms with van der Waals surface area (Å²) in [7, 11) is 0. The normalized spacial score (nSPS) is 16.1. The lowest BCUT2D eigenvalue weighted by Gasteiger charge is -2.33. The molecule has 2 aromatic rings. The minimum absolute atomic E-state index is 0.105. The van der Waals surface area contributed by atoms with Gasteiger partial charge in [-0.25, -0.2) is 4.79 Å². The van der Waals surface area contributed by atoms with Crippen LogP contribution in [0.1, 0.15) is 13.8 Å². The molecule has 0 aliphatic carbocycles. The quantitative estimate of drug-likeness (QED) is 0.886. The van der Waals surface area contributed by atoms with Crippen molar-refractivity contribution in [2.24, 2.45) is 0 Å². The van der Waals surface area contributed by atoms with Gasteiger partial charge in [0, 0.05) is 5.02 Å². The number of halogens is 1. The van der Waals surface area contributed by atoms with Crippen LogP contribution < -0.4 is 19.7 Å². The molecule has 24 heavy (non-hydrogen) atoms. The van der Waals surface area contributed by atoms with E-state index in [0.717, 1.165) is 0 Å². The summed E-state index contributed by atoms with van der Waals surface area (Å²) in [5.74, 6) is 1.28. The van der Waals surface area contributed by atoms with E-state index < -0.39 is 0 Å². The number of urea groups is 1. The molecule has 1 aliphatic rings. The number of hydrogen-bond acceptors (Lipinski definition) is 3. The van der Waals surface area contributed by atoms with Crippen molar-refractivity contribution >= 4 is 29.0 Å². The molecule has 0 radical (unpaired) electrons. The summed E-state index contributed by atoms with van der Waals surface area (Å²) in [5, 5.41) is 3.46. The Balaban J connectivity index is 1.87. The predicted octanol–water partition coefficient (Wildman–Crippen LogP) is 4.56. The van der Waals surface area contributed by atoms with Gasteiger partial charge < -0.3 is 14.8 Å². The van der Waals surface area contributed by atoms with Gasteiger partial charge in [-0.3, -0.25) is 4.90 Å². The smallest absolute Gasteiger partial charge is 0.326 e. The second-order valence-electron chi connectivity index (χ2n) is 5.51. The first-order valence-corrected chi connectivity index (χ1v) is 8.23. The van der Waals surface area contributed by atoms with E-state index in [4.69, 9.17) is 21.1 Å². The Morgan fingerprint density at radius 1 is 1.38 bits per heavy atom. The van der Waals surface area contributed by atoms with E-state index in [1.165, 1.54) is 0 Å². The molecule has 1 aliphatic heterocycles. The molecular weight excluding hydrogens is 328 g/mol. The lowest BCUT2D eigenvalue weighted by Crippen LogP contribution is -2.44. The number of ether oxygens (including phenoxy) is 2. The zero-order valence-corrected chi connectivity index (χ0v) is 14.3. The van der Waals surface area contributed by atoms with Crippen molar-refractivity contribution in [3.63, 3.8) is 0 Å². The number of benzene rings is 2. The molecule has 6 heteroatoms. The fourth-order valence-electron chi connectivity index (χ4n) is 2.64. The zero-order chi connectivity index (χ0) is 17.1. The molecule has 1 heterocycles. The average Bonchev–Trinajstić information content (AvgIpc) is 2.56. The van der Waals surface area contributed by atoms with Gasteiger partial charge in [0.05, 0.1) is 24.5 Å². The second-order valence-corrected chi connectivity index (χ2v) is 5.95. The SMILES string of the molecule is CCOc1ccccc1NC(=O)N1CC(C)Oc2ccc(Cl)cc21. The van der Waals surface area contributed by atoms with Crippen LogP contribution in [0.3, 0.4) is 0 Å². The van der Waals surface area contributed by atoms with Crippen LogP contribution in [0.4, 0.5) is 16.2 Å². The standard InChI is InChI=1S/C18H19ClN2O3/c1-3-23-16-7-5-4-6-14(16)20-18(22)21-11-12(2)24-17-9-8-13(19)10-15(17)21/h4-10,12H,3,11H2,1-2H3,(H,20,22). The van der Waals surface area contributed by atoms with Gasteiger partial charge in [0.25, 0.3) is 0 Å². The van der Waals surface area contributed by atoms with Gasteiger partial charge in [-0.2, -0.15) is 0 Å². The van der Waals surface area contributed by atoms with Gasteiger partial charge in [0.15, 0.2) is 0 Å². The summed E-state index contributed by atoms with van der Waals surface area (Å²) in [4.78, 5) is 14.4. The molecule has 5 nitrogen and oxygen atoms in total. The van der Waals surface area contributed by atoms with Crippen LogP contribution in [0.5, 0.6) is 11.5 Å². The Morgan fingerprint density at radius 2 is 2.17 bits per heavy atom. The van der Waals surface area contributed by atoms with Crippen LogP contribution in [0.25, 0.3) is 0 Å². The number of nitrogens with zero attached hydrogens (tertiary/aromatic N) is 1. The van der Waals surface area contributed by atoms with Crippen molar-refractivity contribution in [2.75, 3.05) is 23.4 Å². The van der Waals surface area contributed by atoms with E-state index in [2.05, 4.69) is 5.32 Å². The fraction of sp³-hybridized carbons (Fsp3) is 0.278. The van der Waals surface area contributed by atoms with Gasteiger partial charge >= 0.3 is 6.03 Å². The highest BCUT2D eigenvalue weighted by molar-refractivity contribution is 6.31. The monoisotopic (exact) mass is 346 g/mol. The molecule has 1 atom stereocenters. The average molecular weight is 347 g/mol. The van der Waals surface area contributed by atoms with Crippen molar-refractivity contribution in [1.82, 2.24) is 0 Å². The van der Waals surface area contributed by atoms with Crippen molar-refractivity contribution in [3.8, 4) is 11.5 Å². The molecule has 2 aromatic carbocycles. The van der Waals surface area contributed by atoms with Gasteiger partial charge in [0.2, 0.25) is 0 Å². The molecule has 0 saturated carbocycles. The Hall–Kier alpha value is -2.40. The van der Waals surface area contributed by atoms with Gasteiger partial charge in [0.1, 0.15) is 17.6 Å². The van der Waals surface area contributed by atoms with Crippen molar-refractivity contribution in [3.05, 3.63) is 47.5 Å². The van der Waals surface area contributed by atoms with Crippen LogP contribution in [-0.4, -0.2) is 25.3 Å². The predicted molar refractivity (Wildman–Crippen MR) is 95.5 cm³/mol. The number of carbonyl (C=O) groups excluding carboxylic acids is 1. The van der Waals surface area contributed by atoms with E-state index in [1.54, 1.807) is 23.1 Å². The number of anilines is 2. The minimum atomic E-state index is -0.249. The lowest BCUT2D eigenvalue weighted by atomic mass is 10.2. The molecule has 0 spiro atoms. The maximum atomic E-state index is 12.8. The minimum Gasteiger partial charge on any atom is -0.492 e. The van der Waals surface area contributed by atoms with Crippen molar-refractivity contribution in [2.45, 2.75) is 20.0 Å². The Kier molecular flexibility index (Phi) is 4.81. The van der Waals surface area contributed by atoms with E-state index >= 15 is 0 Å². The summed E-state index contributed by atoms with van der Waals surface area (Å²) >= 11 is 6.08. The van der Waals surface area contributed by atoms with Crippen LogP contribution in [-0.2, 0) is 0 Å². The topological polar surface area (TPSA) is 50.8 Å².